The van der Waals surface area contributed by atoms with Crippen LogP contribution in [0.4, 0.5) is 16.2 Å². The van der Waals surface area contributed by atoms with Gasteiger partial charge < -0.3 is 18.8 Å². The summed E-state index contributed by atoms with van der Waals surface area (Å²) in [5.41, 5.74) is 2.67. The maximum atomic E-state index is 14.7. The second-order valence-corrected chi connectivity index (χ2v) is 20.9. The van der Waals surface area contributed by atoms with Crippen LogP contribution in [0.25, 0.3) is 0 Å². The van der Waals surface area contributed by atoms with Crippen molar-refractivity contribution in [3.8, 4) is 23.3 Å². The summed E-state index contributed by atoms with van der Waals surface area (Å²) in [6, 6.07) is 40.1. The fourth-order valence-corrected chi connectivity index (χ4v) is 13.9. The van der Waals surface area contributed by atoms with Crippen LogP contribution in [-0.4, -0.2) is 57.9 Å². The number of hydrogen-bond acceptors (Lipinski definition) is 6. The lowest BCUT2D eigenvalue weighted by atomic mass is 9.93. The van der Waals surface area contributed by atoms with E-state index in [0.717, 1.165) is 40.4 Å². The number of Topliss-reactive ketones (excluding diaryl/α,β-unsaturated/α-hetero) is 1. The molecule has 1 unspecified atom stereocenters. The molecule has 0 bridgehead atoms. The molecule has 2 amide bonds. The fourth-order valence-electron chi connectivity index (χ4n) is 8.21. The molecule has 0 aliphatic carbocycles. The number of anilines is 2. The number of carbonyl (C=O) groups excluding carboxylic acids is 2. The molecule has 5 aromatic carbocycles. The molecule has 0 N–H and O–H groups in total. The number of ether oxygens (including phenoxy) is 2. The van der Waals surface area contributed by atoms with E-state index >= 15 is 0 Å². The SMILES string of the molecule is COc1cc(C#C[C@@H](C)O[Si](c2ccccc2)(c2ccccc2)C(C)(C)C)c(C(=O)CC2CCCCN2C(=O)N2c3ccccc3Sc3ccccc32)cc1OC. The Labute approximate surface area is 342 Å². The number of ketones is 1. The van der Waals surface area contributed by atoms with E-state index in [9.17, 15) is 9.59 Å². The zero-order valence-electron chi connectivity index (χ0n) is 33.6. The first-order chi connectivity index (χ1) is 27.6. The monoisotopic (exact) mass is 794 g/mol. The number of para-hydroxylation sites is 2. The number of methoxy groups -OCH3 is 2. The highest BCUT2D eigenvalue weighted by atomic mass is 32.2. The summed E-state index contributed by atoms with van der Waals surface area (Å²) in [6.07, 6.45) is 2.20. The van der Waals surface area contributed by atoms with Gasteiger partial charge in [-0.15, -0.1) is 0 Å². The molecule has 0 aromatic heterocycles. The largest absolute Gasteiger partial charge is 0.493 e. The first-order valence-electron chi connectivity index (χ1n) is 19.6. The van der Waals surface area contributed by atoms with Crippen LogP contribution in [0.2, 0.25) is 5.04 Å². The summed E-state index contributed by atoms with van der Waals surface area (Å²) in [7, 11) is 0.254. The third kappa shape index (κ3) is 8.00. The van der Waals surface area contributed by atoms with Crippen molar-refractivity contribution in [2.24, 2.45) is 0 Å². The summed E-state index contributed by atoms with van der Waals surface area (Å²) in [5, 5.41) is 2.11. The molecule has 2 atom stereocenters. The van der Waals surface area contributed by atoms with Gasteiger partial charge in [0.2, 0.25) is 0 Å². The minimum atomic E-state index is -2.88. The average Bonchev–Trinajstić information content (AvgIpc) is 3.23. The first-order valence-corrected chi connectivity index (χ1v) is 22.3. The highest BCUT2D eigenvalue weighted by molar-refractivity contribution is 7.99. The van der Waals surface area contributed by atoms with Crippen molar-refractivity contribution in [3.63, 3.8) is 0 Å². The van der Waals surface area contributed by atoms with Crippen molar-refractivity contribution in [2.75, 3.05) is 25.7 Å². The first kappa shape index (κ1) is 39.9. The highest BCUT2D eigenvalue weighted by Gasteiger charge is 2.51. The highest BCUT2D eigenvalue weighted by Crippen LogP contribution is 2.48. The van der Waals surface area contributed by atoms with Crippen molar-refractivity contribution in [1.82, 2.24) is 4.90 Å². The van der Waals surface area contributed by atoms with Crippen molar-refractivity contribution in [3.05, 3.63) is 132 Å². The molecule has 7 nitrogen and oxygen atoms in total. The molecule has 2 aliphatic rings. The molecule has 292 valence electrons. The Morgan fingerprint density at radius 1 is 0.789 bits per heavy atom. The van der Waals surface area contributed by atoms with Gasteiger partial charge in [0.25, 0.3) is 8.32 Å². The Hall–Kier alpha value is -5.27. The van der Waals surface area contributed by atoms with Crippen molar-refractivity contribution >= 4 is 53.6 Å². The second-order valence-electron chi connectivity index (χ2n) is 15.6. The second kappa shape index (κ2) is 17.1. The zero-order valence-corrected chi connectivity index (χ0v) is 35.4. The van der Waals surface area contributed by atoms with Gasteiger partial charge in [-0.25, -0.2) is 4.79 Å². The van der Waals surface area contributed by atoms with Gasteiger partial charge in [0, 0.05) is 46.0 Å². The summed E-state index contributed by atoms with van der Waals surface area (Å²) in [6.45, 7) is 9.28. The van der Waals surface area contributed by atoms with E-state index in [1.807, 2.05) is 77.4 Å². The number of nitrogens with zero attached hydrogens (tertiary/aromatic N) is 2. The van der Waals surface area contributed by atoms with E-state index in [0.29, 0.717) is 29.2 Å². The topological polar surface area (TPSA) is 68.3 Å². The van der Waals surface area contributed by atoms with Gasteiger partial charge in [-0.05, 0) is 71.9 Å². The van der Waals surface area contributed by atoms with Crippen molar-refractivity contribution < 1.29 is 23.5 Å². The van der Waals surface area contributed by atoms with Crippen LogP contribution in [0.15, 0.2) is 131 Å². The number of fused-ring (bicyclic) bond motifs is 2. The number of urea groups is 1. The van der Waals surface area contributed by atoms with Gasteiger partial charge in [0.1, 0.15) is 6.10 Å². The summed E-state index contributed by atoms with van der Waals surface area (Å²) in [5.74, 6) is 7.54. The quantitative estimate of drug-likeness (QED) is 0.0841. The summed E-state index contributed by atoms with van der Waals surface area (Å²) < 4.78 is 18.6. The maximum Gasteiger partial charge on any atom is 0.329 e. The number of piperidine rings is 1. The van der Waals surface area contributed by atoms with E-state index in [4.69, 9.17) is 13.9 Å². The Balaban J connectivity index is 1.21. The van der Waals surface area contributed by atoms with Gasteiger partial charge >= 0.3 is 6.03 Å². The van der Waals surface area contributed by atoms with Crippen LogP contribution in [0, 0.1) is 11.8 Å². The third-order valence-electron chi connectivity index (χ3n) is 10.9. The average molecular weight is 795 g/mol. The molecular formula is C48H50N2O5SSi. The van der Waals surface area contributed by atoms with Crippen LogP contribution >= 0.6 is 11.8 Å². The maximum absolute atomic E-state index is 14.7. The normalized spacial score (nSPS) is 15.7. The number of hydrogen-bond donors (Lipinski definition) is 0. The summed E-state index contributed by atoms with van der Waals surface area (Å²) >= 11 is 1.67. The van der Waals surface area contributed by atoms with Crippen LogP contribution in [0.5, 0.6) is 11.5 Å². The standard InChI is InChI=1S/C48H50N2O5SSi/c1-34(55-57(48(2,3)4,37-20-9-7-10-21-37)38-22-11-8-12-23-38)28-29-35-31-43(53-5)44(54-6)33-39(35)42(51)32-36-19-17-18-30-49(36)47(52)50-40-24-13-15-26-45(40)56-46-27-16-14-25-41(46)50/h7-16,20-27,31,33-34,36H,17-19,30,32H2,1-6H3/t34-,36?/m1/s1. The smallest absolute Gasteiger partial charge is 0.329 e. The fraction of sp³-hybridized carbons (Fsp3) is 0.292. The van der Waals surface area contributed by atoms with E-state index in [-0.39, 0.29) is 29.3 Å². The van der Waals surface area contributed by atoms with Crippen LogP contribution in [0.3, 0.4) is 0 Å². The minimum Gasteiger partial charge on any atom is -0.493 e. The van der Waals surface area contributed by atoms with Gasteiger partial charge in [-0.3, -0.25) is 9.69 Å². The molecule has 0 saturated carbocycles. The third-order valence-corrected chi connectivity index (χ3v) is 17.2. The van der Waals surface area contributed by atoms with E-state index in [2.05, 4.69) is 81.1 Å². The van der Waals surface area contributed by atoms with Gasteiger partial charge in [0.05, 0.1) is 25.6 Å². The molecule has 7 rings (SSSR count). The van der Waals surface area contributed by atoms with Crippen LogP contribution < -0.4 is 24.7 Å². The van der Waals surface area contributed by atoms with Crippen LogP contribution in [0.1, 0.15) is 69.3 Å². The van der Waals surface area contributed by atoms with Crippen molar-refractivity contribution in [2.45, 2.75) is 80.4 Å². The molecule has 5 aromatic rings. The number of amides is 2. The Morgan fingerprint density at radius 2 is 1.33 bits per heavy atom. The predicted molar refractivity (Wildman–Crippen MR) is 232 cm³/mol. The molecule has 9 heteroatoms. The van der Waals surface area contributed by atoms with E-state index < -0.39 is 14.4 Å². The van der Waals surface area contributed by atoms with Gasteiger partial charge in [-0.2, -0.15) is 0 Å². The number of carbonyl (C=O) groups is 2. The molecular weight excluding hydrogens is 745 g/mol. The molecule has 2 aliphatic heterocycles. The lowest BCUT2D eigenvalue weighted by Gasteiger charge is -2.44. The lowest BCUT2D eigenvalue weighted by molar-refractivity contribution is 0.0912. The Kier molecular flexibility index (Phi) is 12.0. The molecule has 1 saturated heterocycles. The van der Waals surface area contributed by atoms with Crippen LogP contribution in [-0.2, 0) is 4.43 Å². The molecule has 2 heterocycles. The van der Waals surface area contributed by atoms with Gasteiger partial charge in [0.15, 0.2) is 17.3 Å². The molecule has 1 fully saturated rings. The summed E-state index contributed by atoms with van der Waals surface area (Å²) in [4.78, 5) is 35.0. The Morgan fingerprint density at radius 3 is 1.89 bits per heavy atom. The van der Waals surface area contributed by atoms with Gasteiger partial charge in [-0.1, -0.05) is 129 Å². The van der Waals surface area contributed by atoms with E-state index in [1.54, 1.807) is 38.1 Å². The number of likely N-dealkylation sites (tertiary alicyclic amines) is 1. The lowest BCUT2D eigenvalue weighted by Crippen LogP contribution is -2.67. The molecule has 0 radical (unpaired) electrons. The van der Waals surface area contributed by atoms with E-state index in [1.165, 1.54) is 10.4 Å². The Bertz CT molecular complexity index is 2210. The van der Waals surface area contributed by atoms with Crippen molar-refractivity contribution in [1.29, 1.82) is 0 Å². The minimum absolute atomic E-state index is 0.111. The number of rotatable bonds is 9. The zero-order chi connectivity index (χ0) is 40.2. The predicted octanol–water partition coefficient (Wildman–Crippen LogP) is 9.87. The molecule has 57 heavy (non-hydrogen) atoms. The molecule has 0 spiro atoms. The number of benzene rings is 5.